The molecule has 1 fully saturated rings. The van der Waals surface area contributed by atoms with Gasteiger partial charge in [0.2, 0.25) is 0 Å². The molecule has 0 spiro atoms. The number of rotatable bonds is 7. The van der Waals surface area contributed by atoms with Crippen LogP contribution in [0.2, 0.25) is 0 Å². The summed E-state index contributed by atoms with van der Waals surface area (Å²) in [6.07, 6.45) is 5.35. The third-order valence-corrected chi connectivity index (χ3v) is 6.34. The van der Waals surface area contributed by atoms with Crippen molar-refractivity contribution in [3.63, 3.8) is 0 Å². The Morgan fingerprint density at radius 1 is 0.862 bits per heavy atom. The summed E-state index contributed by atoms with van der Waals surface area (Å²) in [6.45, 7) is 6.49. The van der Waals surface area contributed by atoms with Crippen LogP contribution in [0.5, 0.6) is 0 Å². The van der Waals surface area contributed by atoms with Gasteiger partial charge in [0.1, 0.15) is 0 Å². The molecule has 3 aromatic rings. The van der Waals surface area contributed by atoms with Crippen molar-refractivity contribution in [2.45, 2.75) is 31.6 Å². The van der Waals surface area contributed by atoms with Gasteiger partial charge < -0.3 is 10.2 Å². The first-order valence-electron chi connectivity index (χ1n) is 10.8. The number of hydrogen-bond donors (Lipinski definition) is 1. The predicted octanol–water partition coefficient (Wildman–Crippen LogP) is 5.27. The normalized spacial score (nSPS) is 16.4. The average Bonchev–Trinajstić information content (AvgIpc) is 2.79. The van der Waals surface area contributed by atoms with Crippen LogP contribution in [0.15, 0.2) is 79.0 Å². The second-order valence-electron chi connectivity index (χ2n) is 8.07. The summed E-state index contributed by atoms with van der Waals surface area (Å²) in [7, 11) is 0. The van der Waals surface area contributed by atoms with Gasteiger partial charge in [0.15, 0.2) is 0 Å². The van der Waals surface area contributed by atoms with Gasteiger partial charge in [-0.05, 0) is 69.1 Å². The lowest BCUT2D eigenvalue weighted by atomic mass is 9.68. The van der Waals surface area contributed by atoms with Crippen molar-refractivity contribution in [3.05, 3.63) is 95.8 Å². The highest BCUT2D eigenvalue weighted by Gasteiger charge is 2.37. The van der Waals surface area contributed by atoms with E-state index in [9.17, 15) is 0 Å². The minimum absolute atomic E-state index is 0.143. The summed E-state index contributed by atoms with van der Waals surface area (Å²) in [5.74, 6) is 0. The van der Waals surface area contributed by atoms with E-state index in [1.807, 2.05) is 12.3 Å². The van der Waals surface area contributed by atoms with E-state index in [0.29, 0.717) is 0 Å². The molecule has 0 radical (unpaired) electrons. The Kier molecular flexibility index (Phi) is 6.26. The maximum Gasteiger partial charge on any atom is 0.0603 e. The molecular weight excluding hydrogens is 354 g/mol. The largest absolute Gasteiger partial charge is 0.384 e. The van der Waals surface area contributed by atoms with E-state index in [2.05, 4.69) is 88.9 Å². The molecule has 2 aromatic carbocycles. The molecule has 0 atom stereocenters. The van der Waals surface area contributed by atoms with E-state index in [-0.39, 0.29) is 5.41 Å². The molecule has 1 aliphatic rings. The van der Waals surface area contributed by atoms with Gasteiger partial charge in [-0.1, -0.05) is 60.7 Å². The van der Waals surface area contributed by atoms with Crippen LogP contribution in [0.25, 0.3) is 0 Å². The molecule has 3 heteroatoms. The highest BCUT2D eigenvalue weighted by molar-refractivity contribution is 5.46. The molecule has 1 aliphatic heterocycles. The van der Waals surface area contributed by atoms with Crippen molar-refractivity contribution in [1.82, 2.24) is 9.88 Å². The number of anilines is 1. The molecule has 1 N–H and O–H groups in total. The molecule has 0 unspecified atom stereocenters. The van der Waals surface area contributed by atoms with Crippen LogP contribution in [0.3, 0.4) is 0 Å². The Morgan fingerprint density at radius 2 is 1.48 bits per heavy atom. The lowest BCUT2D eigenvalue weighted by Gasteiger charge is -2.43. The maximum absolute atomic E-state index is 4.35. The summed E-state index contributed by atoms with van der Waals surface area (Å²) >= 11 is 0. The van der Waals surface area contributed by atoms with Gasteiger partial charge in [0, 0.05) is 18.2 Å². The molecule has 2 heterocycles. The summed E-state index contributed by atoms with van der Waals surface area (Å²) in [5, 5.41) is 3.53. The third-order valence-electron chi connectivity index (χ3n) is 6.34. The number of nitrogens with one attached hydrogen (secondary N) is 1. The van der Waals surface area contributed by atoms with E-state index < -0.39 is 0 Å². The highest BCUT2D eigenvalue weighted by Crippen LogP contribution is 2.41. The number of benzene rings is 2. The maximum atomic E-state index is 4.35. The fourth-order valence-corrected chi connectivity index (χ4v) is 4.61. The van der Waals surface area contributed by atoms with Crippen LogP contribution in [0.4, 0.5) is 5.69 Å². The minimum atomic E-state index is 0.143. The lowest BCUT2D eigenvalue weighted by Crippen LogP contribution is -2.43. The zero-order chi connectivity index (χ0) is 19.9. The summed E-state index contributed by atoms with van der Waals surface area (Å²) in [5.41, 5.74) is 5.28. The van der Waals surface area contributed by atoms with Crippen LogP contribution in [0.1, 0.15) is 36.1 Å². The number of nitrogens with zero attached hydrogens (tertiary/aromatic N) is 2. The Bertz CT molecular complexity index is 843. The van der Waals surface area contributed by atoms with Gasteiger partial charge in [-0.25, -0.2) is 0 Å². The van der Waals surface area contributed by atoms with E-state index in [4.69, 9.17) is 0 Å². The fraction of sp³-hybridized carbons (Fsp3) is 0.346. The Balaban J connectivity index is 1.36. The Morgan fingerprint density at radius 3 is 2.07 bits per heavy atom. The summed E-state index contributed by atoms with van der Waals surface area (Å²) in [6, 6.07) is 26.3. The number of hydrogen-bond acceptors (Lipinski definition) is 3. The number of aromatic nitrogens is 1. The topological polar surface area (TPSA) is 28.2 Å². The zero-order valence-corrected chi connectivity index (χ0v) is 17.3. The first-order chi connectivity index (χ1) is 14.3. The average molecular weight is 386 g/mol. The molecular formula is C26H31N3. The van der Waals surface area contributed by atoms with Crippen molar-refractivity contribution < 1.29 is 0 Å². The van der Waals surface area contributed by atoms with Crippen LogP contribution in [0, 0.1) is 6.92 Å². The standard InChI is InChI=1S/C26H31N3/c1-22-25(14-8-17-27-22)28-18-9-19-29-20-15-26(16-21-29,23-10-4-2-5-11-23)24-12-6-3-7-13-24/h2-8,10-14,17,28H,9,15-16,18-21H2,1H3. The van der Waals surface area contributed by atoms with Crippen LogP contribution in [-0.2, 0) is 5.41 Å². The smallest absolute Gasteiger partial charge is 0.0603 e. The first kappa shape index (κ1) is 19.7. The summed E-state index contributed by atoms with van der Waals surface area (Å²) < 4.78 is 0. The quantitative estimate of drug-likeness (QED) is 0.561. The van der Waals surface area contributed by atoms with E-state index in [1.165, 1.54) is 24.0 Å². The van der Waals surface area contributed by atoms with Gasteiger partial charge in [0.25, 0.3) is 0 Å². The molecule has 4 rings (SSSR count). The van der Waals surface area contributed by atoms with Gasteiger partial charge in [-0.3, -0.25) is 4.98 Å². The minimum Gasteiger partial charge on any atom is -0.384 e. The van der Waals surface area contributed by atoms with Gasteiger partial charge in [0.05, 0.1) is 11.4 Å². The van der Waals surface area contributed by atoms with Crippen molar-refractivity contribution in [2.75, 3.05) is 31.5 Å². The van der Waals surface area contributed by atoms with Crippen molar-refractivity contribution in [3.8, 4) is 0 Å². The van der Waals surface area contributed by atoms with E-state index in [1.54, 1.807) is 0 Å². The van der Waals surface area contributed by atoms with Gasteiger partial charge >= 0.3 is 0 Å². The molecule has 1 saturated heterocycles. The number of piperidine rings is 1. The predicted molar refractivity (Wildman–Crippen MR) is 121 cm³/mol. The number of likely N-dealkylation sites (tertiary alicyclic amines) is 1. The Labute approximate surface area is 174 Å². The molecule has 0 saturated carbocycles. The van der Waals surface area contributed by atoms with Crippen molar-refractivity contribution in [2.24, 2.45) is 0 Å². The zero-order valence-electron chi connectivity index (χ0n) is 17.3. The molecule has 29 heavy (non-hydrogen) atoms. The van der Waals surface area contributed by atoms with Crippen molar-refractivity contribution >= 4 is 5.69 Å². The molecule has 1 aromatic heterocycles. The second kappa shape index (κ2) is 9.23. The lowest BCUT2D eigenvalue weighted by molar-refractivity contribution is 0.179. The van der Waals surface area contributed by atoms with Crippen LogP contribution < -0.4 is 5.32 Å². The summed E-state index contributed by atoms with van der Waals surface area (Å²) in [4.78, 5) is 6.98. The van der Waals surface area contributed by atoms with Crippen molar-refractivity contribution in [1.29, 1.82) is 0 Å². The molecule has 0 bridgehead atoms. The van der Waals surface area contributed by atoms with E-state index in [0.717, 1.165) is 44.0 Å². The first-order valence-corrected chi connectivity index (χ1v) is 10.8. The fourth-order valence-electron chi connectivity index (χ4n) is 4.61. The Hall–Kier alpha value is -2.65. The number of aryl methyl sites for hydroxylation is 1. The van der Waals surface area contributed by atoms with Gasteiger partial charge in [-0.2, -0.15) is 0 Å². The third kappa shape index (κ3) is 4.51. The monoisotopic (exact) mass is 385 g/mol. The number of pyridine rings is 1. The molecule has 150 valence electrons. The molecule has 3 nitrogen and oxygen atoms in total. The highest BCUT2D eigenvalue weighted by atomic mass is 15.1. The SMILES string of the molecule is Cc1ncccc1NCCCN1CCC(c2ccccc2)(c2ccccc2)CC1. The molecule has 0 amide bonds. The van der Waals surface area contributed by atoms with Crippen LogP contribution >= 0.6 is 0 Å². The van der Waals surface area contributed by atoms with Crippen LogP contribution in [-0.4, -0.2) is 36.1 Å². The van der Waals surface area contributed by atoms with E-state index >= 15 is 0 Å². The second-order valence-corrected chi connectivity index (χ2v) is 8.07. The van der Waals surface area contributed by atoms with Gasteiger partial charge in [-0.15, -0.1) is 0 Å². The molecule has 0 aliphatic carbocycles.